The molecule has 0 rings (SSSR count). The molecule has 0 saturated carbocycles. The monoisotopic (exact) mass is 187 g/mol. The van der Waals surface area contributed by atoms with E-state index < -0.39 is 0 Å². The van der Waals surface area contributed by atoms with Gasteiger partial charge in [-0.05, 0) is 53.0 Å². The van der Waals surface area contributed by atoms with Gasteiger partial charge >= 0.3 is 0 Å². The summed E-state index contributed by atoms with van der Waals surface area (Å²) in [5.74, 6) is 0. The van der Waals surface area contributed by atoms with Crippen molar-refractivity contribution in [2.24, 2.45) is 5.73 Å². The summed E-state index contributed by atoms with van der Waals surface area (Å²) in [6, 6.07) is 0.670. The van der Waals surface area contributed by atoms with Gasteiger partial charge in [-0.2, -0.15) is 0 Å². The van der Waals surface area contributed by atoms with Gasteiger partial charge < -0.3 is 16.0 Å². The van der Waals surface area contributed by atoms with Gasteiger partial charge in [0.15, 0.2) is 0 Å². The van der Waals surface area contributed by atoms with Crippen molar-refractivity contribution in [3.8, 4) is 0 Å². The first-order valence-electron chi connectivity index (χ1n) is 5.31. The van der Waals surface area contributed by atoms with E-state index in [1.54, 1.807) is 0 Å². The fourth-order valence-corrected chi connectivity index (χ4v) is 1.55. The highest BCUT2D eigenvalue weighted by Gasteiger charge is 2.11. The molecule has 0 bridgehead atoms. The largest absolute Gasteiger partial charge is 0.330 e. The molecule has 0 aromatic rings. The van der Waals surface area contributed by atoms with Gasteiger partial charge in [0.2, 0.25) is 0 Å². The molecule has 3 N–H and O–H groups in total. The van der Waals surface area contributed by atoms with Gasteiger partial charge in [0, 0.05) is 6.04 Å². The lowest BCUT2D eigenvalue weighted by atomic mass is 10.1. The third-order valence-electron chi connectivity index (χ3n) is 2.59. The molecule has 1 unspecified atom stereocenters. The Morgan fingerprint density at radius 3 is 2.54 bits per heavy atom. The molecule has 0 aliphatic rings. The first kappa shape index (κ1) is 12.9. The molecule has 3 heteroatoms. The Morgan fingerprint density at radius 2 is 2.08 bits per heavy atom. The van der Waals surface area contributed by atoms with Crippen LogP contribution in [-0.4, -0.2) is 44.7 Å². The zero-order valence-electron chi connectivity index (χ0n) is 9.34. The van der Waals surface area contributed by atoms with E-state index in [1.807, 2.05) is 7.05 Å². The van der Waals surface area contributed by atoms with Crippen molar-refractivity contribution in [2.45, 2.75) is 32.2 Å². The Labute approximate surface area is 82.7 Å². The first-order valence-corrected chi connectivity index (χ1v) is 5.31. The molecule has 80 valence electrons. The Hall–Kier alpha value is -0.120. The van der Waals surface area contributed by atoms with E-state index in [4.69, 9.17) is 5.73 Å². The number of nitrogens with two attached hydrogens (primary N) is 1. The average molecular weight is 187 g/mol. The summed E-state index contributed by atoms with van der Waals surface area (Å²) >= 11 is 0. The number of nitrogens with one attached hydrogen (secondary N) is 1. The zero-order valence-corrected chi connectivity index (χ0v) is 9.34. The van der Waals surface area contributed by atoms with Gasteiger partial charge in [-0.15, -0.1) is 0 Å². The van der Waals surface area contributed by atoms with Crippen molar-refractivity contribution in [2.75, 3.05) is 33.7 Å². The molecule has 0 aliphatic carbocycles. The molecule has 3 nitrogen and oxygen atoms in total. The van der Waals surface area contributed by atoms with E-state index in [0.717, 1.165) is 26.1 Å². The van der Waals surface area contributed by atoms with Gasteiger partial charge in [0.25, 0.3) is 0 Å². The maximum Gasteiger partial charge on any atom is 0.0105 e. The van der Waals surface area contributed by atoms with Gasteiger partial charge in [-0.1, -0.05) is 6.92 Å². The second-order valence-corrected chi connectivity index (χ2v) is 3.55. The minimum Gasteiger partial charge on any atom is -0.330 e. The van der Waals surface area contributed by atoms with E-state index in [2.05, 4.69) is 24.2 Å². The SMILES string of the molecule is CCN(C)C(CCN)CCCNC. The standard InChI is InChI=1S/C10H25N3/c1-4-13(3)10(7-8-11)6-5-9-12-2/h10,12H,4-9,11H2,1-3H3. The summed E-state index contributed by atoms with van der Waals surface area (Å²) in [6.45, 7) is 5.22. The Kier molecular flexibility index (Phi) is 8.40. The molecule has 13 heavy (non-hydrogen) atoms. The van der Waals surface area contributed by atoms with Crippen LogP contribution in [0.3, 0.4) is 0 Å². The molecule has 0 heterocycles. The zero-order chi connectivity index (χ0) is 10.1. The summed E-state index contributed by atoms with van der Waals surface area (Å²) in [6.07, 6.45) is 3.61. The Balaban J connectivity index is 3.65. The van der Waals surface area contributed by atoms with Crippen LogP contribution in [0, 0.1) is 0 Å². The summed E-state index contributed by atoms with van der Waals surface area (Å²) in [5, 5.41) is 3.17. The maximum absolute atomic E-state index is 5.58. The highest BCUT2D eigenvalue weighted by molar-refractivity contribution is 4.68. The van der Waals surface area contributed by atoms with Crippen molar-refractivity contribution >= 4 is 0 Å². The fraction of sp³-hybridized carbons (Fsp3) is 1.00. The molecule has 0 aromatic heterocycles. The average Bonchev–Trinajstić information content (AvgIpc) is 2.16. The second-order valence-electron chi connectivity index (χ2n) is 3.55. The first-order chi connectivity index (χ1) is 6.26. The van der Waals surface area contributed by atoms with Crippen LogP contribution in [0.25, 0.3) is 0 Å². The lowest BCUT2D eigenvalue weighted by Crippen LogP contribution is -2.33. The third-order valence-corrected chi connectivity index (χ3v) is 2.59. The molecule has 0 spiro atoms. The molecule has 0 aliphatic heterocycles. The number of hydrogen-bond donors (Lipinski definition) is 2. The summed E-state index contributed by atoms with van der Waals surface area (Å²) in [4.78, 5) is 2.39. The molecule has 0 fully saturated rings. The lowest BCUT2D eigenvalue weighted by Gasteiger charge is -2.26. The molecule has 0 amide bonds. The van der Waals surface area contributed by atoms with Gasteiger partial charge in [-0.3, -0.25) is 0 Å². The van der Waals surface area contributed by atoms with Crippen LogP contribution in [0.1, 0.15) is 26.2 Å². The Bertz CT molecular complexity index is 106. The summed E-state index contributed by atoms with van der Waals surface area (Å²) < 4.78 is 0. The molecule has 0 saturated heterocycles. The smallest absolute Gasteiger partial charge is 0.0105 e. The van der Waals surface area contributed by atoms with Gasteiger partial charge in [0.05, 0.1) is 0 Å². The topological polar surface area (TPSA) is 41.3 Å². The van der Waals surface area contributed by atoms with Crippen molar-refractivity contribution in [1.82, 2.24) is 10.2 Å². The van der Waals surface area contributed by atoms with E-state index >= 15 is 0 Å². The molecular weight excluding hydrogens is 162 g/mol. The van der Waals surface area contributed by atoms with Crippen LogP contribution >= 0.6 is 0 Å². The van der Waals surface area contributed by atoms with Crippen LogP contribution in [-0.2, 0) is 0 Å². The minimum absolute atomic E-state index is 0.670. The fourth-order valence-electron chi connectivity index (χ4n) is 1.55. The lowest BCUT2D eigenvalue weighted by molar-refractivity contribution is 0.228. The maximum atomic E-state index is 5.58. The minimum atomic E-state index is 0.670. The highest BCUT2D eigenvalue weighted by Crippen LogP contribution is 2.07. The number of rotatable bonds is 8. The van der Waals surface area contributed by atoms with Gasteiger partial charge in [-0.25, -0.2) is 0 Å². The summed E-state index contributed by atoms with van der Waals surface area (Å²) in [5.41, 5.74) is 5.58. The third kappa shape index (κ3) is 6.02. The van der Waals surface area contributed by atoms with Gasteiger partial charge in [0.1, 0.15) is 0 Å². The molecule has 0 radical (unpaired) electrons. The quantitative estimate of drug-likeness (QED) is 0.548. The molecular formula is C10H25N3. The van der Waals surface area contributed by atoms with E-state index in [9.17, 15) is 0 Å². The van der Waals surface area contributed by atoms with E-state index in [1.165, 1.54) is 12.8 Å². The highest BCUT2D eigenvalue weighted by atomic mass is 15.1. The van der Waals surface area contributed by atoms with Crippen molar-refractivity contribution in [3.05, 3.63) is 0 Å². The van der Waals surface area contributed by atoms with Crippen molar-refractivity contribution < 1.29 is 0 Å². The molecule has 1 atom stereocenters. The number of nitrogens with zero attached hydrogens (tertiary/aromatic N) is 1. The van der Waals surface area contributed by atoms with E-state index in [-0.39, 0.29) is 0 Å². The van der Waals surface area contributed by atoms with Crippen molar-refractivity contribution in [1.29, 1.82) is 0 Å². The van der Waals surface area contributed by atoms with Crippen LogP contribution < -0.4 is 11.1 Å². The van der Waals surface area contributed by atoms with Crippen LogP contribution in [0.15, 0.2) is 0 Å². The predicted molar refractivity (Wildman–Crippen MR) is 58.9 cm³/mol. The molecule has 0 aromatic carbocycles. The van der Waals surface area contributed by atoms with Crippen molar-refractivity contribution in [3.63, 3.8) is 0 Å². The van der Waals surface area contributed by atoms with Crippen LogP contribution in [0.5, 0.6) is 0 Å². The van der Waals surface area contributed by atoms with Crippen LogP contribution in [0.2, 0.25) is 0 Å². The predicted octanol–water partition coefficient (Wildman–Crippen LogP) is 0.655. The van der Waals surface area contributed by atoms with E-state index in [0.29, 0.717) is 6.04 Å². The van der Waals surface area contributed by atoms with Crippen LogP contribution in [0.4, 0.5) is 0 Å². The normalized spacial score (nSPS) is 13.6. The Morgan fingerprint density at radius 1 is 1.38 bits per heavy atom. The number of hydrogen-bond acceptors (Lipinski definition) is 3. The summed E-state index contributed by atoms with van der Waals surface area (Å²) in [7, 11) is 4.18. The second kappa shape index (κ2) is 8.48.